The lowest BCUT2D eigenvalue weighted by Crippen LogP contribution is -2.14. The summed E-state index contributed by atoms with van der Waals surface area (Å²) in [6.45, 7) is 0. The summed E-state index contributed by atoms with van der Waals surface area (Å²) in [4.78, 5) is 16.4. The topological polar surface area (TPSA) is 42.0 Å². The van der Waals surface area contributed by atoms with Crippen LogP contribution >= 0.6 is 15.9 Å². The number of halogens is 2. The molecule has 5 heteroatoms. The Labute approximate surface area is 128 Å². The van der Waals surface area contributed by atoms with Crippen LogP contribution in [0.3, 0.4) is 0 Å². The van der Waals surface area contributed by atoms with Gasteiger partial charge in [0.1, 0.15) is 5.82 Å². The molecule has 0 aliphatic carbocycles. The molecular formula is C16H10BrFN2O. The summed E-state index contributed by atoms with van der Waals surface area (Å²) in [5.74, 6) is -1.09. The molecule has 0 spiro atoms. The van der Waals surface area contributed by atoms with Gasteiger partial charge in [-0.25, -0.2) is 4.39 Å². The summed E-state index contributed by atoms with van der Waals surface area (Å²) in [5.41, 5.74) is 1.34. The van der Waals surface area contributed by atoms with Gasteiger partial charge in [-0.2, -0.15) is 0 Å². The highest BCUT2D eigenvalue weighted by atomic mass is 79.9. The first kappa shape index (κ1) is 13.7. The average molecular weight is 345 g/mol. The van der Waals surface area contributed by atoms with Crippen LogP contribution in [-0.4, -0.2) is 10.9 Å². The predicted octanol–water partition coefficient (Wildman–Crippen LogP) is 4.39. The van der Waals surface area contributed by atoms with Gasteiger partial charge in [0.2, 0.25) is 0 Å². The smallest absolute Gasteiger partial charge is 0.259 e. The largest absolute Gasteiger partial charge is 0.320 e. The highest BCUT2D eigenvalue weighted by Crippen LogP contribution is 2.22. The first-order valence-corrected chi connectivity index (χ1v) is 7.04. The molecule has 1 heterocycles. The van der Waals surface area contributed by atoms with Crippen molar-refractivity contribution < 1.29 is 9.18 Å². The number of amides is 1. The average Bonchev–Trinajstić information content (AvgIpc) is 2.47. The fourth-order valence-electron chi connectivity index (χ4n) is 2.05. The molecule has 0 saturated carbocycles. The van der Waals surface area contributed by atoms with E-state index in [4.69, 9.17) is 0 Å². The Bertz CT molecular complexity index is 815. The number of hydrogen-bond donors (Lipinski definition) is 1. The van der Waals surface area contributed by atoms with E-state index in [1.54, 1.807) is 18.3 Å². The summed E-state index contributed by atoms with van der Waals surface area (Å²) < 4.78 is 14.2. The zero-order valence-electron chi connectivity index (χ0n) is 10.8. The van der Waals surface area contributed by atoms with Crippen molar-refractivity contribution in [1.29, 1.82) is 0 Å². The molecule has 1 amide bonds. The quantitative estimate of drug-likeness (QED) is 0.749. The van der Waals surface area contributed by atoms with E-state index in [1.165, 1.54) is 12.1 Å². The lowest BCUT2D eigenvalue weighted by molar-refractivity contribution is 0.102. The van der Waals surface area contributed by atoms with Gasteiger partial charge < -0.3 is 5.32 Å². The molecule has 0 bridgehead atoms. The van der Waals surface area contributed by atoms with Crippen molar-refractivity contribution in [3.05, 3.63) is 70.6 Å². The van der Waals surface area contributed by atoms with Gasteiger partial charge in [0.15, 0.2) is 0 Å². The molecule has 0 radical (unpaired) electrons. The molecule has 3 aromatic rings. The molecule has 104 valence electrons. The molecule has 0 atom stereocenters. The van der Waals surface area contributed by atoms with Crippen molar-refractivity contribution in [2.75, 3.05) is 5.32 Å². The lowest BCUT2D eigenvalue weighted by Gasteiger charge is -2.08. The van der Waals surface area contributed by atoms with Crippen molar-refractivity contribution in [3.8, 4) is 0 Å². The number of carbonyl (C=O) groups excluding carboxylic acids is 1. The molecule has 0 aliphatic heterocycles. The summed E-state index contributed by atoms with van der Waals surface area (Å²) in [7, 11) is 0. The molecule has 2 aromatic carbocycles. The minimum Gasteiger partial charge on any atom is -0.320 e. The number of nitrogens with zero attached hydrogens (tertiary/aromatic N) is 1. The van der Waals surface area contributed by atoms with Gasteiger partial charge in [0, 0.05) is 9.86 Å². The van der Waals surface area contributed by atoms with Crippen molar-refractivity contribution in [3.63, 3.8) is 0 Å². The zero-order chi connectivity index (χ0) is 14.8. The molecule has 3 nitrogen and oxygen atoms in total. The van der Waals surface area contributed by atoms with Crippen LogP contribution in [0.5, 0.6) is 0 Å². The summed E-state index contributed by atoms with van der Waals surface area (Å²) in [5, 5.41) is 3.57. The molecule has 1 N–H and O–H groups in total. The van der Waals surface area contributed by atoms with Gasteiger partial charge in [0.25, 0.3) is 5.91 Å². The SMILES string of the molecule is O=C(Nc1cnc2ccccc2c1)c1c(F)cccc1Br. The maximum absolute atomic E-state index is 13.8. The highest BCUT2D eigenvalue weighted by molar-refractivity contribution is 9.10. The van der Waals surface area contributed by atoms with Crippen LogP contribution in [0.4, 0.5) is 10.1 Å². The number of fused-ring (bicyclic) bond motifs is 1. The number of carbonyl (C=O) groups is 1. The Balaban J connectivity index is 1.93. The molecule has 1 aromatic heterocycles. The van der Waals surface area contributed by atoms with Crippen LogP contribution in [0, 0.1) is 5.82 Å². The van der Waals surface area contributed by atoms with Crippen LogP contribution in [0.1, 0.15) is 10.4 Å². The fourth-order valence-corrected chi connectivity index (χ4v) is 2.57. The number of anilines is 1. The summed E-state index contributed by atoms with van der Waals surface area (Å²) in [6, 6.07) is 13.8. The molecule has 3 rings (SSSR count). The number of hydrogen-bond acceptors (Lipinski definition) is 2. The Morgan fingerprint density at radius 3 is 2.76 bits per heavy atom. The molecule has 0 saturated heterocycles. The van der Waals surface area contributed by atoms with Gasteiger partial charge >= 0.3 is 0 Å². The van der Waals surface area contributed by atoms with Crippen LogP contribution in [0.25, 0.3) is 10.9 Å². The van der Waals surface area contributed by atoms with Crippen molar-refractivity contribution in [2.24, 2.45) is 0 Å². The van der Waals surface area contributed by atoms with Gasteiger partial charge in [0.05, 0.1) is 23.0 Å². The van der Waals surface area contributed by atoms with Crippen molar-refractivity contribution >= 4 is 38.4 Å². The zero-order valence-corrected chi connectivity index (χ0v) is 12.4. The minimum absolute atomic E-state index is 0.0225. The maximum Gasteiger partial charge on any atom is 0.259 e. The van der Waals surface area contributed by atoms with Gasteiger partial charge in [-0.15, -0.1) is 0 Å². The number of nitrogens with one attached hydrogen (secondary N) is 1. The van der Waals surface area contributed by atoms with Gasteiger partial charge in [-0.3, -0.25) is 9.78 Å². The van der Waals surface area contributed by atoms with E-state index < -0.39 is 11.7 Å². The maximum atomic E-state index is 13.8. The van der Waals surface area contributed by atoms with E-state index in [0.717, 1.165) is 10.9 Å². The van der Waals surface area contributed by atoms with E-state index >= 15 is 0 Å². The van der Waals surface area contributed by atoms with E-state index in [0.29, 0.717) is 10.2 Å². The number of benzene rings is 2. The number of pyridine rings is 1. The molecule has 0 aliphatic rings. The highest BCUT2D eigenvalue weighted by Gasteiger charge is 2.15. The third kappa shape index (κ3) is 2.78. The monoisotopic (exact) mass is 344 g/mol. The van der Waals surface area contributed by atoms with E-state index in [1.807, 2.05) is 24.3 Å². The minimum atomic E-state index is -0.573. The Morgan fingerprint density at radius 2 is 1.95 bits per heavy atom. The number of rotatable bonds is 2. The summed E-state index contributed by atoms with van der Waals surface area (Å²) in [6.07, 6.45) is 1.55. The van der Waals surface area contributed by atoms with E-state index in [2.05, 4.69) is 26.2 Å². The normalized spacial score (nSPS) is 10.6. The van der Waals surface area contributed by atoms with Gasteiger partial charge in [-0.05, 0) is 40.2 Å². The Hall–Kier alpha value is -2.27. The predicted molar refractivity (Wildman–Crippen MR) is 83.8 cm³/mol. The second-order valence-electron chi connectivity index (χ2n) is 4.47. The van der Waals surface area contributed by atoms with E-state index in [-0.39, 0.29) is 5.56 Å². The van der Waals surface area contributed by atoms with Crippen LogP contribution < -0.4 is 5.32 Å². The molecule has 21 heavy (non-hydrogen) atoms. The molecular weight excluding hydrogens is 335 g/mol. The first-order chi connectivity index (χ1) is 10.1. The van der Waals surface area contributed by atoms with Crippen LogP contribution in [0.2, 0.25) is 0 Å². The fraction of sp³-hybridized carbons (Fsp3) is 0. The molecule has 0 unspecified atom stereocenters. The lowest BCUT2D eigenvalue weighted by atomic mass is 10.2. The second kappa shape index (κ2) is 5.61. The first-order valence-electron chi connectivity index (χ1n) is 6.25. The number of para-hydroxylation sites is 1. The number of aromatic nitrogens is 1. The Kier molecular flexibility index (Phi) is 3.66. The second-order valence-corrected chi connectivity index (χ2v) is 5.32. The standard InChI is InChI=1S/C16H10BrFN2O/c17-12-5-3-6-13(18)15(12)16(21)20-11-8-10-4-1-2-7-14(10)19-9-11/h1-9H,(H,20,21). The van der Waals surface area contributed by atoms with Crippen LogP contribution in [0.15, 0.2) is 59.2 Å². The summed E-state index contributed by atoms with van der Waals surface area (Å²) >= 11 is 3.18. The van der Waals surface area contributed by atoms with E-state index in [9.17, 15) is 9.18 Å². The molecule has 0 fully saturated rings. The third-order valence-electron chi connectivity index (χ3n) is 3.04. The van der Waals surface area contributed by atoms with Crippen molar-refractivity contribution in [2.45, 2.75) is 0 Å². The van der Waals surface area contributed by atoms with Crippen LogP contribution in [-0.2, 0) is 0 Å². The Morgan fingerprint density at radius 1 is 1.14 bits per heavy atom. The third-order valence-corrected chi connectivity index (χ3v) is 3.70. The van der Waals surface area contributed by atoms with Gasteiger partial charge in [-0.1, -0.05) is 24.3 Å². The van der Waals surface area contributed by atoms with Crippen molar-refractivity contribution in [1.82, 2.24) is 4.98 Å².